The van der Waals surface area contributed by atoms with Crippen molar-refractivity contribution < 1.29 is 9.53 Å². The molecule has 1 N–H and O–H groups in total. The fourth-order valence-corrected chi connectivity index (χ4v) is 4.91. The van der Waals surface area contributed by atoms with Crippen molar-refractivity contribution in [2.45, 2.75) is 56.2 Å². The van der Waals surface area contributed by atoms with Crippen LogP contribution in [0, 0.1) is 0 Å². The van der Waals surface area contributed by atoms with Gasteiger partial charge in [0, 0.05) is 11.1 Å². The van der Waals surface area contributed by atoms with Crippen LogP contribution in [0.15, 0.2) is 71.8 Å². The lowest BCUT2D eigenvalue weighted by atomic mass is 9.71. The first-order valence-corrected chi connectivity index (χ1v) is 13.1. The standard InChI is InChI=1S/C28H30N4O2S/c1-27(2,3)34-26(33)30-28(17-8-18-28)21-13-11-19(12-14-21)24-25(20-9-6-5-7-10-20)32-22(29-24)15-16-23(31-32)35-4/h5-7,9-16H,8,17-18H2,1-4H3,(H,30,33). The number of hydrogen-bond acceptors (Lipinski definition) is 5. The van der Waals surface area contributed by atoms with Crippen molar-refractivity contribution in [2.24, 2.45) is 0 Å². The number of rotatable bonds is 5. The molecule has 0 spiro atoms. The second-order valence-electron chi connectivity index (χ2n) is 9.96. The zero-order valence-corrected chi connectivity index (χ0v) is 21.4. The predicted octanol–water partition coefficient (Wildman–Crippen LogP) is 6.69. The number of fused-ring (bicyclic) bond motifs is 1. The largest absolute Gasteiger partial charge is 0.444 e. The van der Waals surface area contributed by atoms with E-state index in [1.807, 2.05) is 61.9 Å². The van der Waals surface area contributed by atoms with Gasteiger partial charge in [0.05, 0.1) is 11.2 Å². The van der Waals surface area contributed by atoms with Gasteiger partial charge in [0.1, 0.15) is 16.3 Å². The minimum absolute atomic E-state index is 0.372. The van der Waals surface area contributed by atoms with Gasteiger partial charge in [-0.3, -0.25) is 0 Å². The SMILES string of the molecule is CSc1ccc2nc(-c3ccc(C4(NC(=O)OC(C)(C)C)CCC4)cc3)c(-c3ccccc3)n2n1. The first kappa shape index (κ1) is 23.4. The summed E-state index contributed by atoms with van der Waals surface area (Å²) >= 11 is 1.61. The molecule has 2 aromatic carbocycles. The van der Waals surface area contributed by atoms with Gasteiger partial charge in [-0.2, -0.15) is 5.10 Å². The highest BCUT2D eigenvalue weighted by molar-refractivity contribution is 7.98. The second kappa shape index (κ2) is 9.04. The molecule has 0 aliphatic heterocycles. The van der Waals surface area contributed by atoms with E-state index in [-0.39, 0.29) is 11.6 Å². The monoisotopic (exact) mass is 486 g/mol. The topological polar surface area (TPSA) is 68.5 Å². The molecular formula is C28H30N4O2S. The van der Waals surface area contributed by atoms with Gasteiger partial charge in [-0.25, -0.2) is 14.3 Å². The molecular weight excluding hydrogens is 456 g/mol. The van der Waals surface area contributed by atoms with Crippen molar-refractivity contribution in [2.75, 3.05) is 6.26 Å². The summed E-state index contributed by atoms with van der Waals surface area (Å²) in [5, 5.41) is 8.89. The second-order valence-corrected chi connectivity index (χ2v) is 10.8. The Balaban J connectivity index is 1.52. The molecule has 0 radical (unpaired) electrons. The Morgan fingerprint density at radius 3 is 2.31 bits per heavy atom. The van der Waals surface area contributed by atoms with Crippen LogP contribution in [0.4, 0.5) is 4.79 Å². The minimum atomic E-state index is -0.528. The number of aromatic nitrogens is 3. The van der Waals surface area contributed by atoms with Crippen LogP contribution >= 0.6 is 11.8 Å². The predicted molar refractivity (Wildman–Crippen MR) is 141 cm³/mol. The van der Waals surface area contributed by atoms with Crippen LogP contribution in [0.3, 0.4) is 0 Å². The lowest BCUT2D eigenvalue weighted by Gasteiger charge is -2.43. The number of hydrogen-bond donors (Lipinski definition) is 1. The number of benzene rings is 2. The molecule has 6 nitrogen and oxygen atoms in total. The van der Waals surface area contributed by atoms with E-state index in [1.54, 1.807) is 11.8 Å². The third-order valence-electron chi connectivity index (χ3n) is 6.37. The molecule has 2 heterocycles. The van der Waals surface area contributed by atoms with E-state index in [9.17, 15) is 4.79 Å². The molecule has 1 amide bonds. The maximum absolute atomic E-state index is 12.5. The van der Waals surface area contributed by atoms with Crippen LogP contribution in [0.1, 0.15) is 45.6 Å². The summed E-state index contributed by atoms with van der Waals surface area (Å²) in [5.41, 5.74) is 4.92. The van der Waals surface area contributed by atoms with Crippen LogP contribution < -0.4 is 5.32 Å². The van der Waals surface area contributed by atoms with Gasteiger partial charge in [-0.15, -0.1) is 11.8 Å². The molecule has 4 aromatic rings. The summed E-state index contributed by atoms with van der Waals surface area (Å²) in [4.78, 5) is 17.5. The molecule has 1 aliphatic rings. The fourth-order valence-electron chi connectivity index (χ4n) is 4.54. The summed E-state index contributed by atoms with van der Waals surface area (Å²) in [6.07, 6.45) is 4.52. The summed E-state index contributed by atoms with van der Waals surface area (Å²) < 4.78 is 7.46. The number of alkyl carbamates (subject to hydrolysis) is 1. The molecule has 0 bridgehead atoms. The van der Waals surface area contributed by atoms with E-state index in [0.717, 1.165) is 58.0 Å². The first-order chi connectivity index (χ1) is 16.8. The average Bonchev–Trinajstić information content (AvgIpc) is 3.19. The number of imidazole rings is 1. The Morgan fingerprint density at radius 1 is 1.00 bits per heavy atom. The molecule has 0 saturated heterocycles. The molecule has 35 heavy (non-hydrogen) atoms. The molecule has 2 aromatic heterocycles. The van der Waals surface area contributed by atoms with Gasteiger partial charge in [-0.05, 0) is 64.0 Å². The van der Waals surface area contributed by atoms with Crippen LogP contribution in [0.25, 0.3) is 28.2 Å². The normalized spacial score (nSPS) is 15.0. The summed E-state index contributed by atoms with van der Waals surface area (Å²) in [6.45, 7) is 5.64. The number of ether oxygens (including phenoxy) is 1. The van der Waals surface area contributed by atoms with E-state index in [0.29, 0.717) is 0 Å². The smallest absolute Gasteiger partial charge is 0.408 e. The van der Waals surface area contributed by atoms with Gasteiger partial charge in [-0.1, -0.05) is 54.6 Å². The maximum Gasteiger partial charge on any atom is 0.408 e. The molecule has 7 heteroatoms. The van der Waals surface area contributed by atoms with Gasteiger partial charge < -0.3 is 10.1 Å². The summed E-state index contributed by atoms with van der Waals surface area (Å²) in [7, 11) is 0. The number of carbonyl (C=O) groups is 1. The van der Waals surface area contributed by atoms with E-state index in [1.165, 1.54) is 0 Å². The van der Waals surface area contributed by atoms with Crippen molar-refractivity contribution >= 4 is 23.5 Å². The number of carbonyl (C=O) groups excluding carboxylic acids is 1. The molecule has 1 aliphatic carbocycles. The lowest BCUT2D eigenvalue weighted by Crippen LogP contribution is -2.52. The fraction of sp³-hybridized carbons (Fsp3) is 0.321. The lowest BCUT2D eigenvalue weighted by molar-refractivity contribution is 0.0377. The van der Waals surface area contributed by atoms with Crippen molar-refractivity contribution in [1.29, 1.82) is 0 Å². The van der Waals surface area contributed by atoms with Crippen LogP contribution in [-0.2, 0) is 10.3 Å². The Hall–Kier alpha value is -3.32. The quantitative estimate of drug-likeness (QED) is 0.318. The zero-order valence-electron chi connectivity index (χ0n) is 20.5. The molecule has 0 unspecified atom stereocenters. The molecule has 0 atom stereocenters. The Bertz CT molecular complexity index is 1350. The Kier molecular flexibility index (Phi) is 6.05. The van der Waals surface area contributed by atoms with Crippen LogP contribution in [0.5, 0.6) is 0 Å². The molecule has 1 fully saturated rings. The van der Waals surface area contributed by atoms with E-state index in [2.05, 4.69) is 41.7 Å². The van der Waals surface area contributed by atoms with Gasteiger partial charge in [0.2, 0.25) is 0 Å². The van der Waals surface area contributed by atoms with Gasteiger partial charge >= 0.3 is 6.09 Å². The highest BCUT2D eigenvalue weighted by Crippen LogP contribution is 2.42. The molecule has 1 saturated carbocycles. The molecule has 180 valence electrons. The third-order valence-corrected chi connectivity index (χ3v) is 7.00. The van der Waals surface area contributed by atoms with Crippen LogP contribution in [0.2, 0.25) is 0 Å². The van der Waals surface area contributed by atoms with Crippen molar-refractivity contribution in [1.82, 2.24) is 19.9 Å². The number of amides is 1. The maximum atomic E-state index is 12.5. The third kappa shape index (κ3) is 4.65. The Morgan fingerprint density at radius 2 is 1.71 bits per heavy atom. The van der Waals surface area contributed by atoms with E-state index in [4.69, 9.17) is 14.8 Å². The summed E-state index contributed by atoms with van der Waals surface area (Å²) in [5.74, 6) is 0. The number of thioether (sulfide) groups is 1. The van der Waals surface area contributed by atoms with Crippen molar-refractivity contribution in [3.63, 3.8) is 0 Å². The minimum Gasteiger partial charge on any atom is -0.444 e. The average molecular weight is 487 g/mol. The number of nitrogens with zero attached hydrogens (tertiary/aromatic N) is 3. The summed E-state index contributed by atoms with van der Waals surface area (Å²) in [6, 6.07) is 22.6. The van der Waals surface area contributed by atoms with Gasteiger partial charge in [0.25, 0.3) is 0 Å². The van der Waals surface area contributed by atoms with Crippen molar-refractivity contribution in [3.05, 3.63) is 72.3 Å². The van der Waals surface area contributed by atoms with Crippen LogP contribution in [-0.4, -0.2) is 32.5 Å². The van der Waals surface area contributed by atoms with E-state index < -0.39 is 5.60 Å². The number of nitrogens with one attached hydrogen (secondary N) is 1. The van der Waals surface area contributed by atoms with E-state index >= 15 is 0 Å². The Labute approximate surface area is 210 Å². The first-order valence-electron chi connectivity index (χ1n) is 11.9. The molecule has 5 rings (SSSR count). The highest BCUT2D eigenvalue weighted by atomic mass is 32.2. The zero-order chi connectivity index (χ0) is 24.6. The van der Waals surface area contributed by atoms with Gasteiger partial charge in [0.15, 0.2) is 5.65 Å². The van der Waals surface area contributed by atoms with Crippen molar-refractivity contribution in [3.8, 4) is 22.5 Å². The highest BCUT2D eigenvalue weighted by Gasteiger charge is 2.41.